The number of rotatable bonds is 4. The normalized spacial score (nSPS) is 9.69. The number of ketones is 1. The van der Waals surface area contributed by atoms with Crippen LogP contribution in [0, 0.1) is 0 Å². The smallest absolute Gasteiger partial charge is 0.169 e. The third-order valence-electron chi connectivity index (χ3n) is 1.62. The van der Waals surface area contributed by atoms with Gasteiger partial charge in [-0.3, -0.25) is 4.79 Å². The number of benzene rings is 1. The van der Waals surface area contributed by atoms with E-state index in [2.05, 4.69) is 15.9 Å². The second-order valence-electron chi connectivity index (χ2n) is 2.61. The first-order valence-corrected chi connectivity index (χ1v) is 4.92. The van der Waals surface area contributed by atoms with E-state index in [0.29, 0.717) is 12.2 Å². The quantitative estimate of drug-likeness (QED) is 0.812. The highest BCUT2D eigenvalue weighted by molar-refractivity contribution is 9.10. The second kappa shape index (κ2) is 5.02. The number of carbonyl (C=O) groups is 1. The Balaban J connectivity index is 2.54. The largest absolute Gasteiger partial charge is 0.485 e. The molecule has 0 saturated carbocycles. The Bertz CT molecular complexity index is 297. The molecular formula is C10H11BrO2. The number of hydrogen-bond acceptors (Lipinski definition) is 2. The first-order valence-electron chi connectivity index (χ1n) is 4.13. The van der Waals surface area contributed by atoms with Gasteiger partial charge < -0.3 is 4.74 Å². The average molecular weight is 243 g/mol. The summed E-state index contributed by atoms with van der Waals surface area (Å²) in [5.41, 5.74) is 0. The van der Waals surface area contributed by atoms with Gasteiger partial charge in [-0.1, -0.05) is 19.1 Å². The Morgan fingerprint density at radius 3 is 2.77 bits per heavy atom. The zero-order valence-electron chi connectivity index (χ0n) is 7.42. The topological polar surface area (TPSA) is 26.3 Å². The van der Waals surface area contributed by atoms with E-state index in [-0.39, 0.29) is 12.4 Å². The Morgan fingerprint density at radius 2 is 2.15 bits per heavy atom. The van der Waals surface area contributed by atoms with Gasteiger partial charge in [0.2, 0.25) is 0 Å². The average Bonchev–Trinajstić information content (AvgIpc) is 2.16. The molecule has 0 aliphatic carbocycles. The van der Waals surface area contributed by atoms with Crippen LogP contribution in [0.3, 0.4) is 0 Å². The Morgan fingerprint density at radius 1 is 1.46 bits per heavy atom. The maximum Gasteiger partial charge on any atom is 0.169 e. The number of para-hydroxylation sites is 1. The van der Waals surface area contributed by atoms with Crippen LogP contribution in [-0.2, 0) is 4.79 Å². The van der Waals surface area contributed by atoms with E-state index < -0.39 is 0 Å². The number of Topliss-reactive ketones (excluding diaryl/α,β-unsaturated/α-hetero) is 1. The first kappa shape index (κ1) is 10.3. The lowest BCUT2D eigenvalue weighted by atomic mass is 10.3. The number of ether oxygens (including phenoxy) is 1. The molecule has 0 unspecified atom stereocenters. The molecule has 0 saturated heterocycles. The van der Waals surface area contributed by atoms with Crippen LogP contribution < -0.4 is 4.74 Å². The standard InChI is InChI=1S/C10H11BrO2/c1-2-8(12)7-13-10-6-4-3-5-9(10)11/h3-6H,2,7H2,1H3. The van der Waals surface area contributed by atoms with Gasteiger partial charge in [0.25, 0.3) is 0 Å². The van der Waals surface area contributed by atoms with Crippen LogP contribution >= 0.6 is 15.9 Å². The number of hydrogen-bond donors (Lipinski definition) is 0. The molecule has 0 fully saturated rings. The SMILES string of the molecule is CCC(=O)COc1ccccc1Br. The van der Waals surface area contributed by atoms with E-state index in [1.807, 2.05) is 31.2 Å². The summed E-state index contributed by atoms with van der Waals surface area (Å²) in [4.78, 5) is 11.0. The van der Waals surface area contributed by atoms with Crippen molar-refractivity contribution >= 4 is 21.7 Å². The molecule has 0 aromatic heterocycles. The molecule has 2 nitrogen and oxygen atoms in total. The van der Waals surface area contributed by atoms with Crippen molar-refractivity contribution in [1.29, 1.82) is 0 Å². The molecule has 0 bridgehead atoms. The monoisotopic (exact) mass is 242 g/mol. The molecule has 70 valence electrons. The zero-order chi connectivity index (χ0) is 9.68. The fourth-order valence-corrected chi connectivity index (χ4v) is 1.22. The highest BCUT2D eigenvalue weighted by Crippen LogP contribution is 2.23. The molecule has 13 heavy (non-hydrogen) atoms. The van der Waals surface area contributed by atoms with Crippen LogP contribution in [0.25, 0.3) is 0 Å². The first-order chi connectivity index (χ1) is 6.24. The van der Waals surface area contributed by atoms with Gasteiger partial charge >= 0.3 is 0 Å². The van der Waals surface area contributed by atoms with Gasteiger partial charge in [0.1, 0.15) is 12.4 Å². The lowest BCUT2D eigenvalue weighted by Crippen LogP contribution is -2.09. The van der Waals surface area contributed by atoms with Crippen LogP contribution in [0.1, 0.15) is 13.3 Å². The summed E-state index contributed by atoms with van der Waals surface area (Å²) in [6.45, 7) is 1.98. The highest BCUT2D eigenvalue weighted by atomic mass is 79.9. The number of carbonyl (C=O) groups excluding carboxylic acids is 1. The third-order valence-corrected chi connectivity index (χ3v) is 2.27. The van der Waals surface area contributed by atoms with Gasteiger partial charge in [0.15, 0.2) is 5.78 Å². The fourth-order valence-electron chi connectivity index (χ4n) is 0.822. The summed E-state index contributed by atoms with van der Waals surface area (Å²) >= 11 is 3.33. The van der Waals surface area contributed by atoms with E-state index in [1.54, 1.807) is 0 Å². The van der Waals surface area contributed by atoms with Crippen molar-refractivity contribution in [2.45, 2.75) is 13.3 Å². The van der Waals surface area contributed by atoms with Crippen molar-refractivity contribution in [3.05, 3.63) is 28.7 Å². The Hall–Kier alpha value is -0.830. The van der Waals surface area contributed by atoms with Gasteiger partial charge in [0, 0.05) is 6.42 Å². The molecule has 0 atom stereocenters. The van der Waals surface area contributed by atoms with Crippen LogP contribution in [-0.4, -0.2) is 12.4 Å². The third kappa shape index (κ3) is 3.19. The van der Waals surface area contributed by atoms with Gasteiger partial charge in [-0.05, 0) is 28.1 Å². The minimum atomic E-state index is 0.107. The Kier molecular flexibility index (Phi) is 3.96. The molecule has 0 heterocycles. The van der Waals surface area contributed by atoms with Crippen LogP contribution in [0.2, 0.25) is 0 Å². The lowest BCUT2D eigenvalue weighted by molar-refractivity contribution is -0.120. The molecule has 0 spiro atoms. The Labute approximate surface area is 86.0 Å². The molecule has 1 rings (SSSR count). The van der Waals surface area contributed by atoms with Crippen molar-refractivity contribution < 1.29 is 9.53 Å². The number of halogens is 1. The molecular weight excluding hydrogens is 232 g/mol. The van der Waals surface area contributed by atoms with Gasteiger partial charge in [0.05, 0.1) is 4.47 Å². The summed E-state index contributed by atoms with van der Waals surface area (Å²) in [5, 5.41) is 0. The minimum Gasteiger partial charge on any atom is -0.485 e. The van der Waals surface area contributed by atoms with Crippen molar-refractivity contribution in [2.24, 2.45) is 0 Å². The van der Waals surface area contributed by atoms with Gasteiger partial charge in [-0.15, -0.1) is 0 Å². The molecule has 0 aliphatic rings. The predicted molar refractivity (Wildman–Crippen MR) is 54.9 cm³/mol. The molecule has 1 aromatic carbocycles. The van der Waals surface area contributed by atoms with E-state index >= 15 is 0 Å². The van der Waals surface area contributed by atoms with Crippen molar-refractivity contribution in [2.75, 3.05) is 6.61 Å². The van der Waals surface area contributed by atoms with Crippen molar-refractivity contribution in [3.63, 3.8) is 0 Å². The zero-order valence-corrected chi connectivity index (χ0v) is 9.00. The molecule has 0 radical (unpaired) electrons. The van der Waals surface area contributed by atoms with E-state index in [4.69, 9.17) is 4.74 Å². The molecule has 3 heteroatoms. The summed E-state index contributed by atoms with van der Waals surface area (Å²) in [6.07, 6.45) is 0.518. The molecule has 0 N–H and O–H groups in total. The summed E-state index contributed by atoms with van der Waals surface area (Å²) < 4.78 is 6.17. The minimum absolute atomic E-state index is 0.107. The van der Waals surface area contributed by atoms with Crippen molar-refractivity contribution in [3.8, 4) is 5.75 Å². The maximum absolute atomic E-state index is 11.0. The van der Waals surface area contributed by atoms with E-state index in [1.165, 1.54) is 0 Å². The summed E-state index contributed by atoms with van der Waals surface area (Å²) in [7, 11) is 0. The molecule has 1 aromatic rings. The van der Waals surface area contributed by atoms with Crippen LogP contribution in [0.15, 0.2) is 28.7 Å². The predicted octanol–water partition coefficient (Wildman–Crippen LogP) is 2.81. The van der Waals surface area contributed by atoms with Crippen molar-refractivity contribution in [1.82, 2.24) is 0 Å². The fraction of sp³-hybridized carbons (Fsp3) is 0.300. The maximum atomic E-state index is 11.0. The highest BCUT2D eigenvalue weighted by Gasteiger charge is 2.02. The van der Waals surface area contributed by atoms with Crippen LogP contribution in [0.5, 0.6) is 5.75 Å². The van der Waals surface area contributed by atoms with Gasteiger partial charge in [-0.2, -0.15) is 0 Å². The van der Waals surface area contributed by atoms with E-state index in [0.717, 1.165) is 4.47 Å². The molecule has 0 amide bonds. The second-order valence-corrected chi connectivity index (χ2v) is 3.47. The lowest BCUT2D eigenvalue weighted by Gasteiger charge is -2.05. The van der Waals surface area contributed by atoms with E-state index in [9.17, 15) is 4.79 Å². The van der Waals surface area contributed by atoms with Gasteiger partial charge in [-0.25, -0.2) is 0 Å². The summed E-state index contributed by atoms with van der Waals surface area (Å²) in [5.74, 6) is 0.819. The van der Waals surface area contributed by atoms with Crippen LogP contribution in [0.4, 0.5) is 0 Å². The molecule has 0 aliphatic heterocycles. The summed E-state index contributed by atoms with van der Waals surface area (Å²) in [6, 6.07) is 7.48.